The van der Waals surface area contributed by atoms with Gasteiger partial charge in [0.2, 0.25) is 0 Å². The molecule has 0 radical (unpaired) electrons. The molecule has 2 unspecified atom stereocenters. The van der Waals surface area contributed by atoms with E-state index in [1.54, 1.807) is 0 Å². The van der Waals surface area contributed by atoms with Gasteiger partial charge in [-0.25, -0.2) is 0 Å². The molecule has 2 atom stereocenters. The fourth-order valence-corrected chi connectivity index (χ4v) is 1.58. The van der Waals surface area contributed by atoms with Crippen molar-refractivity contribution in [2.45, 2.75) is 37.5 Å². The zero-order valence-corrected chi connectivity index (χ0v) is 9.40. The fourth-order valence-electron chi connectivity index (χ4n) is 0.951. The molecule has 0 spiro atoms. The Balaban J connectivity index is 4.54. The Morgan fingerprint density at radius 3 is 2.00 bits per heavy atom. The van der Waals surface area contributed by atoms with Crippen LogP contribution in [0.15, 0.2) is 0 Å². The Hall–Kier alpha value is -0.250. The van der Waals surface area contributed by atoms with Crippen LogP contribution in [0, 0.1) is 5.92 Å². The molecule has 15 heavy (non-hydrogen) atoms. The standard InChI is InChI=1S/C7H17NO6S/c1-5(3-4-7(9,10)11)6(2,8)15(12,13)14/h5,9-11H,3-4,8H2,1-2H3,(H,12,13,14). The van der Waals surface area contributed by atoms with E-state index in [9.17, 15) is 8.42 Å². The van der Waals surface area contributed by atoms with Crippen LogP contribution in [0.1, 0.15) is 26.7 Å². The van der Waals surface area contributed by atoms with Crippen LogP contribution in [0.4, 0.5) is 0 Å². The molecule has 0 aliphatic heterocycles. The smallest absolute Gasteiger partial charge is 0.283 e. The Morgan fingerprint density at radius 1 is 1.33 bits per heavy atom. The number of aliphatic hydroxyl groups is 3. The number of nitrogens with two attached hydrogens (primary N) is 1. The molecule has 0 heterocycles. The lowest BCUT2D eigenvalue weighted by molar-refractivity contribution is -0.315. The molecular weight excluding hydrogens is 226 g/mol. The van der Waals surface area contributed by atoms with Crippen molar-refractivity contribution in [1.29, 1.82) is 0 Å². The minimum absolute atomic E-state index is 0.0731. The molecule has 0 bridgehead atoms. The van der Waals surface area contributed by atoms with Crippen molar-refractivity contribution in [2.24, 2.45) is 11.7 Å². The zero-order valence-electron chi connectivity index (χ0n) is 8.58. The third-order valence-electron chi connectivity index (χ3n) is 2.45. The summed E-state index contributed by atoms with van der Waals surface area (Å²) in [6.07, 6.45) is -0.535. The summed E-state index contributed by atoms with van der Waals surface area (Å²) in [6, 6.07) is 0. The van der Waals surface area contributed by atoms with E-state index < -0.39 is 33.3 Å². The summed E-state index contributed by atoms with van der Waals surface area (Å²) in [6.45, 7) is 2.53. The monoisotopic (exact) mass is 243 g/mol. The molecule has 7 nitrogen and oxygen atoms in total. The Labute approximate surface area is 88.3 Å². The number of hydrogen-bond donors (Lipinski definition) is 5. The van der Waals surface area contributed by atoms with Crippen LogP contribution in [-0.2, 0) is 10.1 Å². The van der Waals surface area contributed by atoms with Gasteiger partial charge in [-0.1, -0.05) is 6.92 Å². The molecule has 0 aromatic heterocycles. The van der Waals surface area contributed by atoms with Crippen molar-refractivity contribution in [3.63, 3.8) is 0 Å². The number of hydrogen-bond acceptors (Lipinski definition) is 6. The van der Waals surface area contributed by atoms with Crippen LogP contribution >= 0.6 is 0 Å². The first kappa shape index (κ1) is 14.8. The van der Waals surface area contributed by atoms with Crippen molar-refractivity contribution in [2.75, 3.05) is 0 Å². The maximum absolute atomic E-state index is 10.9. The summed E-state index contributed by atoms with van der Waals surface area (Å²) in [5.74, 6) is -3.61. The lowest BCUT2D eigenvalue weighted by atomic mass is 9.97. The average molecular weight is 243 g/mol. The summed E-state index contributed by atoms with van der Waals surface area (Å²) >= 11 is 0. The second-order valence-electron chi connectivity index (χ2n) is 3.87. The SMILES string of the molecule is CC(CCC(O)(O)O)C(C)(N)S(=O)(=O)O. The number of rotatable bonds is 5. The van der Waals surface area contributed by atoms with E-state index in [2.05, 4.69) is 0 Å². The van der Waals surface area contributed by atoms with Gasteiger partial charge < -0.3 is 21.1 Å². The molecule has 6 N–H and O–H groups in total. The van der Waals surface area contributed by atoms with Gasteiger partial charge >= 0.3 is 0 Å². The van der Waals surface area contributed by atoms with Crippen LogP contribution in [-0.4, -0.2) is 39.1 Å². The summed E-state index contributed by atoms with van der Waals surface area (Å²) in [5.41, 5.74) is 5.38. The minimum Gasteiger partial charge on any atom is -0.344 e. The van der Waals surface area contributed by atoms with Crippen molar-refractivity contribution >= 4 is 10.1 Å². The molecule has 0 aliphatic rings. The largest absolute Gasteiger partial charge is 0.344 e. The van der Waals surface area contributed by atoms with E-state index >= 15 is 0 Å². The fraction of sp³-hybridized carbons (Fsp3) is 1.00. The third kappa shape index (κ3) is 4.41. The van der Waals surface area contributed by atoms with E-state index in [4.69, 9.17) is 25.6 Å². The molecule has 92 valence electrons. The second kappa shape index (κ2) is 4.32. The van der Waals surface area contributed by atoms with Crippen LogP contribution in [0.3, 0.4) is 0 Å². The quantitative estimate of drug-likeness (QED) is 0.295. The Bertz CT molecular complexity index is 304. The summed E-state index contributed by atoms with van der Waals surface area (Å²) in [5, 5.41) is 25.8. The molecular formula is C7H17NO6S. The highest BCUT2D eigenvalue weighted by Crippen LogP contribution is 2.25. The van der Waals surface area contributed by atoms with Gasteiger partial charge in [0.05, 0.1) is 0 Å². The maximum atomic E-state index is 10.9. The lowest BCUT2D eigenvalue weighted by Gasteiger charge is -2.29. The van der Waals surface area contributed by atoms with Gasteiger partial charge in [0.1, 0.15) is 4.87 Å². The molecule has 0 amide bonds. The summed E-state index contributed by atoms with van der Waals surface area (Å²) in [7, 11) is -4.44. The van der Waals surface area contributed by atoms with Crippen LogP contribution in [0.25, 0.3) is 0 Å². The Morgan fingerprint density at radius 2 is 1.73 bits per heavy atom. The zero-order chi connectivity index (χ0) is 12.5. The van der Waals surface area contributed by atoms with Gasteiger partial charge in [0.15, 0.2) is 0 Å². The average Bonchev–Trinajstić information content (AvgIpc) is 1.96. The minimum atomic E-state index is -4.44. The summed E-state index contributed by atoms with van der Waals surface area (Å²) in [4.78, 5) is -1.89. The third-order valence-corrected chi connectivity index (χ3v) is 3.96. The van der Waals surface area contributed by atoms with E-state index in [1.807, 2.05) is 0 Å². The van der Waals surface area contributed by atoms with Crippen molar-refractivity contribution in [1.82, 2.24) is 0 Å². The first-order chi connectivity index (χ1) is 6.38. The molecule has 0 aliphatic carbocycles. The highest BCUT2D eigenvalue weighted by Gasteiger charge is 2.39. The van der Waals surface area contributed by atoms with E-state index in [0.29, 0.717) is 0 Å². The van der Waals surface area contributed by atoms with Gasteiger partial charge in [-0.2, -0.15) is 8.42 Å². The highest BCUT2D eigenvalue weighted by molar-refractivity contribution is 7.87. The van der Waals surface area contributed by atoms with Crippen LogP contribution in [0.5, 0.6) is 0 Å². The normalized spacial score (nSPS) is 19.7. The molecule has 0 aromatic carbocycles. The van der Waals surface area contributed by atoms with Gasteiger partial charge in [0.25, 0.3) is 16.1 Å². The lowest BCUT2D eigenvalue weighted by Crippen LogP contribution is -2.50. The first-order valence-electron chi connectivity index (χ1n) is 4.31. The second-order valence-corrected chi connectivity index (χ2v) is 5.70. The van der Waals surface area contributed by atoms with Gasteiger partial charge in [-0.15, -0.1) is 0 Å². The van der Waals surface area contributed by atoms with Crippen molar-refractivity contribution < 1.29 is 28.3 Å². The van der Waals surface area contributed by atoms with Crippen LogP contribution in [0.2, 0.25) is 0 Å². The van der Waals surface area contributed by atoms with Crippen molar-refractivity contribution in [3.8, 4) is 0 Å². The topological polar surface area (TPSA) is 141 Å². The molecule has 0 aromatic rings. The predicted octanol–water partition coefficient (Wildman–Crippen LogP) is -1.40. The van der Waals surface area contributed by atoms with Gasteiger partial charge in [-0.05, 0) is 19.3 Å². The van der Waals surface area contributed by atoms with Gasteiger partial charge in [0, 0.05) is 6.42 Å². The molecule has 0 rings (SSSR count). The molecule has 0 saturated carbocycles. The van der Waals surface area contributed by atoms with Crippen LogP contribution < -0.4 is 5.73 Å². The van der Waals surface area contributed by atoms with E-state index in [0.717, 1.165) is 6.92 Å². The molecule has 0 saturated heterocycles. The maximum Gasteiger partial charge on any atom is 0.283 e. The van der Waals surface area contributed by atoms with E-state index in [1.165, 1.54) is 6.92 Å². The summed E-state index contributed by atoms with van der Waals surface area (Å²) < 4.78 is 30.5. The highest BCUT2D eigenvalue weighted by atomic mass is 32.2. The Kier molecular flexibility index (Phi) is 4.25. The van der Waals surface area contributed by atoms with Crippen molar-refractivity contribution in [3.05, 3.63) is 0 Å². The van der Waals surface area contributed by atoms with E-state index in [-0.39, 0.29) is 6.42 Å². The van der Waals surface area contributed by atoms with Gasteiger partial charge in [-0.3, -0.25) is 4.55 Å². The molecule has 8 heteroatoms. The first-order valence-corrected chi connectivity index (χ1v) is 5.75. The molecule has 0 fully saturated rings. The predicted molar refractivity (Wildman–Crippen MR) is 51.9 cm³/mol.